The second-order valence-corrected chi connectivity index (χ2v) is 7.02. The first-order chi connectivity index (χ1) is 14.7. The highest BCUT2D eigenvalue weighted by atomic mass is 127. The Morgan fingerprint density at radius 2 is 1.87 bits per heavy atom. The van der Waals surface area contributed by atoms with Crippen molar-refractivity contribution in [2.75, 3.05) is 38.8 Å². The van der Waals surface area contributed by atoms with Gasteiger partial charge < -0.3 is 25.0 Å². The molecule has 2 N–H and O–H groups in total. The van der Waals surface area contributed by atoms with E-state index in [1.165, 1.54) is 5.56 Å². The maximum Gasteiger partial charge on any atom is 0.246 e. The molecule has 7 nitrogen and oxygen atoms in total. The number of fused-ring (bicyclic) bond motifs is 1. The van der Waals surface area contributed by atoms with Crippen LogP contribution in [0, 0.1) is 0 Å². The van der Waals surface area contributed by atoms with Gasteiger partial charge in [0.1, 0.15) is 0 Å². The minimum absolute atomic E-state index is 0. The van der Waals surface area contributed by atoms with Gasteiger partial charge in [0.05, 0.1) is 27.3 Å². The molecule has 0 aliphatic carbocycles. The molecule has 1 aliphatic heterocycles. The van der Waals surface area contributed by atoms with Crippen molar-refractivity contribution in [2.24, 2.45) is 4.99 Å². The predicted octanol–water partition coefficient (Wildman–Crippen LogP) is 3.36. The average molecular weight is 538 g/mol. The fraction of sp³-hybridized carbons (Fsp3) is 0.391. The number of amides is 1. The van der Waals surface area contributed by atoms with Gasteiger partial charge in [-0.15, -0.1) is 24.0 Å². The Balaban J connectivity index is 0.00000341. The number of benzene rings is 2. The van der Waals surface area contributed by atoms with E-state index in [0.717, 1.165) is 30.6 Å². The molecule has 168 valence electrons. The Bertz CT molecular complexity index is 904. The topological polar surface area (TPSA) is 75.2 Å². The number of halogens is 1. The highest BCUT2D eigenvalue weighted by Crippen LogP contribution is 2.28. The number of nitrogens with zero attached hydrogens (tertiary/aromatic N) is 2. The maximum absolute atomic E-state index is 12.8. The summed E-state index contributed by atoms with van der Waals surface area (Å²) < 4.78 is 10.6. The van der Waals surface area contributed by atoms with Crippen LogP contribution < -0.4 is 25.0 Å². The summed E-state index contributed by atoms with van der Waals surface area (Å²) in [5, 5.41) is 6.36. The molecule has 0 spiro atoms. The van der Waals surface area contributed by atoms with Crippen molar-refractivity contribution in [3.63, 3.8) is 0 Å². The molecule has 1 amide bonds. The Labute approximate surface area is 201 Å². The molecule has 0 atom stereocenters. The number of guanidine groups is 1. The zero-order chi connectivity index (χ0) is 21.3. The number of hydrogen-bond acceptors (Lipinski definition) is 4. The largest absolute Gasteiger partial charge is 0.493 e. The van der Waals surface area contributed by atoms with E-state index in [1.807, 2.05) is 48.2 Å². The molecule has 0 aromatic heterocycles. The van der Waals surface area contributed by atoms with Gasteiger partial charge >= 0.3 is 0 Å². The van der Waals surface area contributed by atoms with Crippen molar-refractivity contribution in [1.29, 1.82) is 0 Å². The fourth-order valence-electron chi connectivity index (χ4n) is 3.54. The van der Waals surface area contributed by atoms with Crippen LogP contribution >= 0.6 is 24.0 Å². The lowest BCUT2D eigenvalue weighted by Gasteiger charge is -2.29. The maximum atomic E-state index is 12.8. The second kappa shape index (κ2) is 12.4. The Hall–Kier alpha value is -2.49. The Morgan fingerprint density at radius 1 is 1.10 bits per heavy atom. The van der Waals surface area contributed by atoms with Crippen molar-refractivity contribution < 1.29 is 14.3 Å². The zero-order valence-corrected chi connectivity index (χ0v) is 20.6. The SMILES string of the molecule is CCNC(=NCc1ccc(OC)c(OC)c1)NCC(=O)N1CCCc2ccccc21.I. The van der Waals surface area contributed by atoms with Crippen LogP contribution in [0.1, 0.15) is 24.5 Å². The van der Waals surface area contributed by atoms with Crippen LogP contribution in [0.5, 0.6) is 11.5 Å². The van der Waals surface area contributed by atoms with Crippen LogP contribution in [0.2, 0.25) is 0 Å². The van der Waals surface area contributed by atoms with Gasteiger partial charge in [-0.25, -0.2) is 4.99 Å². The van der Waals surface area contributed by atoms with Gasteiger partial charge in [0.2, 0.25) is 5.91 Å². The number of aliphatic imine (C=N–C) groups is 1. The van der Waals surface area contributed by atoms with Crippen molar-refractivity contribution in [3.05, 3.63) is 53.6 Å². The van der Waals surface area contributed by atoms with Crippen LogP contribution in [0.4, 0.5) is 5.69 Å². The zero-order valence-electron chi connectivity index (χ0n) is 18.3. The van der Waals surface area contributed by atoms with Gasteiger partial charge in [0, 0.05) is 18.8 Å². The summed E-state index contributed by atoms with van der Waals surface area (Å²) in [6, 6.07) is 13.8. The van der Waals surface area contributed by atoms with E-state index in [4.69, 9.17) is 9.47 Å². The summed E-state index contributed by atoms with van der Waals surface area (Å²) in [5.74, 6) is 1.99. The quantitative estimate of drug-likeness (QED) is 0.322. The molecule has 2 aromatic rings. The highest BCUT2D eigenvalue weighted by Gasteiger charge is 2.21. The van der Waals surface area contributed by atoms with E-state index in [1.54, 1.807) is 14.2 Å². The lowest BCUT2D eigenvalue weighted by Crippen LogP contribution is -2.46. The standard InChI is InChI=1S/C23H30N4O3.HI/c1-4-24-23(25-15-17-11-12-20(29-2)21(14-17)30-3)26-16-22(28)27-13-7-9-18-8-5-6-10-19(18)27;/h5-6,8,10-12,14H,4,7,9,13,15-16H2,1-3H3,(H2,24,25,26);1H. The molecule has 1 heterocycles. The minimum Gasteiger partial charge on any atom is -0.493 e. The highest BCUT2D eigenvalue weighted by molar-refractivity contribution is 14.0. The van der Waals surface area contributed by atoms with Gasteiger partial charge in [0.25, 0.3) is 0 Å². The fourth-order valence-corrected chi connectivity index (χ4v) is 3.54. The molecule has 2 aromatic carbocycles. The molecule has 0 saturated heterocycles. The molecular weight excluding hydrogens is 507 g/mol. The van der Waals surface area contributed by atoms with Crippen LogP contribution in [-0.2, 0) is 17.8 Å². The van der Waals surface area contributed by atoms with E-state index in [9.17, 15) is 4.79 Å². The number of ether oxygens (including phenoxy) is 2. The Kier molecular flexibility index (Phi) is 9.90. The third kappa shape index (κ3) is 6.49. The van der Waals surface area contributed by atoms with Crippen molar-refractivity contribution in [3.8, 4) is 11.5 Å². The predicted molar refractivity (Wildman–Crippen MR) is 135 cm³/mol. The first-order valence-corrected chi connectivity index (χ1v) is 10.3. The average Bonchev–Trinajstić information content (AvgIpc) is 2.80. The third-order valence-electron chi connectivity index (χ3n) is 5.03. The number of carbonyl (C=O) groups is 1. The van der Waals surface area contributed by atoms with E-state index < -0.39 is 0 Å². The molecule has 0 bridgehead atoms. The number of hydrogen-bond donors (Lipinski definition) is 2. The smallest absolute Gasteiger partial charge is 0.246 e. The lowest BCUT2D eigenvalue weighted by molar-refractivity contribution is -0.117. The van der Waals surface area contributed by atoms with Gasteiger partial charge in [-0.2, -0.15) is 0 Å². The minimum atomic E-state index is 0. The molecule has 0 fully saturated rings. The first kappa shape index (κ1) is 24.8. The monoisotopic (exact) mass is 538 g/mol. The van der Waals surface area contributed by atoms with Crippen LogP contribution in [0.15, 0.2) is 47.5 Å². The second-order valence-electron chi connectivity index (χ2n) is 7.02. The van der Waals surface area contributed by atoms with E-state index >= 15 is 0 Å². The number of methoxy groups -OCH3 is 2. The van der Waals surface area contributed by atoms with E-state index in [-0.39, 0.29) is 36.4 Å². The number of para-hydroxylation sites is 1. The number of anilines is 1. The normalized spacial score (nSPS) is 13.0. The molecule has 0 radical (unpaired) electrons. The molecule has 0 unspecified atom stereocenters. The number of carbonyl (C=O) groups excluding carboxylic acids is 1. The lowest BCUT2D eigenvalue weighted by atomic mass is 10.0. The molecular formula is C23H31IN4O3. The van der Waals surface area contributed by atoms with Gasteiger partial charge in [0.15, 0.2) is 17.5 Å². The van der Waals surface area contributed by atoms with Crippen LogP contribution in [-0.4, -0.2) is 45.7 Å². The van der Waals surface area contributed by atoms with Crippen molar-refractivity contribution in [1.82, 2.24) is 10.6 Å². The summed E-state index contributed by atoms with van der Waals surface area (Å²) in [4.78, 5) is 19.3. The summed E-state index contributed by atoms with van der Waals surface area (Å²) in [6.07, 6.45) is 2.00. The number of nitrogens with one attached hydrogen (secondary N) is 2. The van der Waals surface area contributed by atoms with Gasteiger partial charge in [-0.3, -0.25) is 4.79 Å². The molecule has 3 rings (SSSR count). The number of aryl methyl sites for hydroxylation is 1. The van der Waals surface area contributed by atoms with Crippen molar-refractivity contribution >= 4 is 41.5 Å². The van der Waals surface area contributed by atoms with E-state index in [2.05, 4.69) is 21.7 Å². The van der Waals surface area contributed by atoms with Crippen LogP contribution in [0.25, 0.3) is 0 Å². The van der Waals surface area contributed by atoms with Gasteiger partial charge in [-0.1, -0.05) is 24.3 Å². The first-order valence-electron chi connectivity index (χ1n) is 10.3. The summed E-state index contributed by atoms with van der Waals surface area (Å²) in [7, 11) is 3.22. The molecule has 31 heavy (non-hydrogen) atoms. The van der Waals surface area contributed by atoms with E-state index in [0.29, 0.717) is 30.5 Å². The van der Waals surface area contributed by atoms with Crippen LogP contribution in [0.3, 0.4) is 0 Å². The van der Waals surface area contributed by atoms with Crippen molar-refractivity contribution in [2.45, 2.75) is 26.3 Å². The molecule has 0 saturated carbocycles. The number of rotatable bonds is 7. The summed E-state index contributed by atoms with van der Waals surface area (Å²) in [6.45, 7) is 4.09. The Morgan fingerprint density at radius 3 is 2.61 bits per heavy atom. The third-order valence-corrected chi connectivity index (χ3v) is 5.03. The molecule has 1 aliphatic rings. The summed E-state index contributed by atoms with van der Waals surface area (Å²) in [5.41, 5.74) is 3.23. The van der Waals surface area contributed by atoms with Gasteiger partial charge in [-0.05, 0) is 49.1 Å². The molecule has 8 heteroatoms. The summed E-state index contributed by atoms with van der Waals surface area (Å²) >= 11 is 0.